The fourth-order valence-electron chi connectivity index (χ4n) is 15.3. The average Bonchev–Trinajstić information content (AvgIpc) is 3.98. The molecule has 1 aromatic heterocycles. The number of hydrogen-bond acceptors (Lipinski definition) is 9. The number of aromatic nitrogens is 1. The number of aromatic amines is 1. The van der Waals surface area contributed by atoms with Crippen LogP contribution in [-0.2, 0) is 11.2 Å². The standard InChI is InChI=1S/C65H88N4O7/c1-5-6-8-13-40-20-23-45(58(71)32-40)16-11-12-17-46-24-25-49(55-34-47(30-42-28-29-68-60(66)33-42)54-27-26-50(63(73)61(46)64(74)75)56(38-67-4)65(54,55)76)57-37-51(44-14-9-7-10-15-44)62(69-57)53-35-48(70)36-59(72)52(53)31-41-18-21-43(22-19-41)39(2)3/h7,9-10,14-15,18-23,28,33,35-37,39-40,45-47,49-50,54-56,58,61,63,67-73,76H,5-6,8,11-13,16-17,24-27,29-32,34,38,66H2,1-4H3,(H,74,75). The first kappa shape index (κ1) is 55.4. The smallest absolute Gasteiger partial charge is 0.309 e. The van der Waals surface area contributed by atoms with Crippen molar-refractivity contribution in [1.29, 1.82) is 0 Å². The number of aliphatic hydroxyl groups is 3. The maximum atomic E-state index is 14.2. The Morgan fingerprint density at radius 2 is 1.62 bits per heavy atom. The number of rotatable bonds is 20. The molecule has 410 valence electrons. The Morgan fingerprint density at radius 3 is 2.33 bits per heavy atom. The number of fused-ring (bicyclic) bond motifs is 1. The summed E-state index contributed by atoms with van der Waals surface area (Å²) >= 11 is 0. The van der Waals surface area contributed by atoms with Gasteiger partial charge in [-0.3, -0.25) is 4.79 Å². The summed E-state index contributed by atoms with van der Waals surface area (Å²) in [6, 6.07) is 24.1. The summed E-state index contributed by atoms with van der Waals surface area (Å²) in [5, 5.41) is 79.2. The van der Waals surface area contributed by atoms with Gasteiger partial charge >= 0.3 is 5.97 Å². The number of carboxylic acid groups (broad SMARTS) is 1. The maximum absolute atomic E-state index is 14.2. The number of aliphatic carboxylic acids is 1. The second-order valence-electron chi connectivity index (χ2n) is 24.1. The van der Waals surface area contributed by atoms with Crippen LogP contribution in [0.15, 0.2) is 108 Å². The Balaban J connectivity index is 1.13. The van der Waals surface area contributed by atoms with Crippen molar-refractivity contribution in [1.82, 2.24) is 15.6 Å². The van der Waals surface area contributed by atoms with E-state index in [0.717, 1.165) is 78.6 Å². The van der Waals surface area contributed by atoms with Gasteiger partial charge in [0.25, 0.3) is 0 Å². The Hall–Kier alpha value is -5.33. The van der Waals surface area contributed by atoms with E-state index in [1.54, 1.807) is 6.07 Å². The number of allylic oxidation sites excluding steroid dienone is 3. The number of dihydropyridines is 1. The second-order valence-corrected chi connectivity index (χ2v) is 24.1. The number of H-pyrrole nitrogens is 1. The van der Waals surface area contributed by atoms with Crippen LogP contribution in [0.1, 0.15) is 151 Å². The number of carbonyl (C=O) groups is 1. The second kappa shape index (κ2) is 24.6. The number of hydrogen-bond donors (Lipinski definition) is 10. The third-order valence-corrected chi connectivity index (χ3v) is 19.1. The number of benzene rings is 3. The molecule has 4 aromatic rings. The lowest BCUT2D eigenvalue weighted by Gasteiger charge is -2.54. The maximum Gasteiger partial charge on any atom is 0.309 e. The van der Waals surface area contributed by atoms with E-state index in [4.69, 9.17) is 5.73 Å². The minimum absolute atomic E-state index is 0.000584. The van der Waals surface area contributed by atoms with Gasteiger partial charge in [0.1, 0.15) is 11.5 Å². The van der Waals surface area contributed by atoms with E-state index in [1.165, 1.54) is 30.9 Å². The van der Waals surface area contributed by atoms with Gasteiger partial charge in [0.05, 0.1) is 35.2 Å². The molecule has 13 unspecified atom stereocenters. The van der Waals surface area contributed by atoms with Crippen LogP contribution in [-0.4, -0.2) is 79.5 Å². The molecule has 0 spiro atoms. The Kier molecular flexibility index (Phi) is 17.9. The zero-order chi connectivity index (χ0) is 53.7. The highest BCUT2D eigenvalue weighted by Gasteiger charge is 2.64. The predicted molar refractivity (Wildman–Crippen MR) is 303 cm³/mol. The van der Waals surface area contributed by atoms with Gasteiger partial charge in [-0.15, -0.1) is 0 Å². The van der Waals surface area contributed by atoms with Gasteiger partial charge in [0.15, 0.2) is 0 Å². The largest absolute Gasteiger partial charge is 0.508 e. The first-order valence-electron chi connectivity index (χ1n) is 29.1. The van der Waals surface area contributed by atoms with Crippen LogP contribution >= 0.6 is 0 Å². The number of aromatic hydroxyl groups is 2. The molecule has 2 heterocycles. The summed E-state index contributed by atoms with van der Waals surface area (Å²) in [6.07, 6.45) is 20.1. The first-order valence-corrected chi connectivity index (χ1v) is 29.1. The molecule has 11 nitrogen and oxygen atoms in total. The molecule has 3 saturated carbocycles. The van der Waals surface area contributed by atoms with E-state index in [0.29, 0.717) is 80.4 Å². The summed E-state index contributed by atoms with van der Waals surface area (Å²) in [7, 11) is 1.89. The van der Waals surface area contributed by atoms with Crippen molar-refractivity contribution >= 4 is 5.97 Å². The fourth-order valence-corrected chi connectivity index (χ4v) is 15.3. The van der Waals surface area contributed by atoms with E-state index < -0.39 is 35.4 Å². The van der Waals surface area contributed by atoms with Crippen molar-refractivity contribution in [3.8, 4) is 33.9 Å². The molecule has 11 heteroatoms. The number of aliphatic hydroxyl groups excluding tert-OH is 2. The molecule has 3 aromatic carbocycles. The Morgan fingerprint density at radius 1 is 0.855 bits per heavy atom. The van der Waals surface area contributed by atoms with Crippen molar-refractivity contribution in [2.75, 3.05) is 20.1 Å². The lowest BCUT2D eigenvalue weighted by Crippen LogP contribution is -2.61. The van der Waals surface area contributed by atoms with Crippen molar-refractivity contribution in [3.05, 3.63) is 131 Å². The van der Waals surface area contributed by atoms with Crippen molar-refractivity contribution < 1.29 is 35.4 Å². The highest BCUT2D eigenvalue weighted by atomic mass is 16.4. The van der Waals surface area contributed by atoms with Crippen LogP contribution in [0.25, 0.3) is 22.4 Å². The van der Waals surface area contributed by atoms with Crippen molar-refractivity contribution in [2.45, 2.75) is 153 Å². The summed E-state index contributed by atoms with van der Waals surface area (Å²) in [4.78, 5) is 17.8. The van der Waals surface area contributed by atoms with Gasteiger partial charge in [0.2, 0.25) is 0 Å². The summed E-state index contributed by atoms with van der Waals surface area (Å²) < 4.78 is 0. The van der Waals surface area contributed by atoms with Crippen LogP contribution < -0.4 is 16.4 Å². The lowest BCUT2D eigenvalue weighted by molar-refractivity contribution is -0.177. The van der Waals surface area contributed by atoms with E-state index >= 15 is 0 Å². The zero-order valence-electron chi connectivity index (χ0n) is 45.6. The predicted octanol–water partition coefficient (Wildman–Crippen LogP) is 11.7. The van der Waals surface area contributed by atoms with Gasteiger partial charge in [-0.25, -0.2) is 0 Å². The van der Waals surface area contributed by atoms with Gasteiger partial charge in [-0.05, 0) is 153 Å². The van der Waals surface area contributed by atoms with Gasteiger partial charge in [-0.1, -0.05) is 126 Å². The molecule has 0 radical (unpaired) electrons. The number of nitrogens with two attached hydrogens (primary N) is 1. The first-order chi connectivity index (χ1) is 36.7. The van der Waals surface area contributed by atoms with Crippen LogP contribution in [0.2, 0.25) is 0 Å². The van der Waals surface area contributed by atoms with E-state index in [2.05, 4.69) is 97.1 Å². The quantitative estimate of drug-likeness (QED) is 0.0300. The Bertz CT molecular complexity index is 2680. The van der Waals surface area contributed by atoms with Gasteiger partial charge in [-0.2, -0.15) is 0 Å². The highest BCUT2D eigenvalue weighted by molar-refractivity contribution is 5.85. The molecule has 76 heavy (non-hydrogen) atoms. The van der Waals surface area contributed by atoms with Gasteiger partial charge in [0, 0.05) is 65.7 Å². The van der Waals surface area contributed by atoms with Crippen molar-refractivity contribution in [3.63, 3.8) is 0 Å². The van der Waals surface area contributed by atoms with Crippen LogP contribution in [0.3, 0.4) is 0 Å². The number of carboxylic acids is 1. The normalized spacial score (nSPS) is 30.4. The van der Waals surface area contributed by atoms with E-state index in [1.807, 2.05) is 31.3 Å². The number of phenols is 2. The molecule has 5 aliphatic rings. The third-order valence-electron chi connectivity index (χ3n) is 19.1. The van der Waals surface area contributed by atoms with E-state index in [9.17, 15) is 35.4 Å². The van der Waals surface area contributed by atoms with Crippen LogP contribution in [0.4, 0.5) is 0 Å². The highest BCUT2D eigenvalue weighted by Crippen LogP contribution is 2.63. The molecule has 2 bridgehead atoms. The number of unbranched alkanes of at least 4 members (excludes halogenated alkanes) is 3. The monoisotopic (exact) mass is 1040 g/mol. The Labute approximate surface area is 452 Å². The fraction of sp³-hybridized carbons (Fsp3) is 0.554. The molecule has 3 fully saturated rings. The molecule has 0 amide bonds. The minimum Gasteiger partial charge on any atom is -0.508 e. The third kappa shape index (κ3) is 11.9. The summed E-state index contributed by atoms with van der Waals surface area (Å²) in [6.45, 7) is 7.62. The van der Waals surface area contributed by atoms with Gasteiger partial charge < -0.3 is 52.0 Å². The molecule has 13 atom stereocenters. The molecule has 1 aliphatic heterocycles. The zero-order valence-corrected chi connectivity index (χ0v) is 45.6. The minimum atomic E-state index is -1.26. The van der Waals surface area contributed by atoms with E-state index in [-0.39, 0.29) is 53.1 Å². The summed E-state index contributed by atoms with van der Waals surface area (Å²) in [5.74, 6) is -2.32. The van der Waals surface area contributed by atoms with Crippen molar-refractivity contribution in [2.24, 2.45) is 59.0 Å². The molecule has 9 rings (SSSR count). The topological polar surface area (TPSA) is 204 Å². The number of nitrogens with one attached hydrogen (secondary N) is 3. The van der Waals surface area contributed by atoms with Crippen LogP contribution in [0, 0.1) is 53.3 Å². The molecule has 0 saturated heterocycles. The molecular weight excluding hydrogens is 949 g/mol. The molecular formula is C65H88N4O7. The molecule has 11 N–H and O–H groups in total. The number of phenolic OH excluding ortho intramolecular Hbond substituents is 2. The summed E-state index contributed by atoms with van der Waals surface area (Å²) in [5.41, 5.74) is 13.4. The molecule has 4 aliphatic carbocycles. The SMILES string of the molecule is CCCCCC1C=CC(CCCCC2CCC(c3cc(-c4ccccc4)c(-c4cc(O)cc(O)c4Cc4ccc(C(C)C)cc4)[nH]3)C3CC(CC4=CCNC(N)=C4)C4CCC(C(O)C2C(=O)O)C(CNC)C43O)C(O)C1. The average molecular weight is 1040 g/mol. The van der Waals surface area contributed by atoms with Crippen LogP contribution in [0.5, 0.6) is 11.5 Å². The lowest BCUT2D eigenvalue weighted by atomic mass is 9.55.